The van der Waals surface area contributed by atoms with Crippen LogP contribution in [0.3, 0.4) is 0 Å². The summed E-state index contributed by atoms with van der Waals surface area (Å²) < 4.78 is 2.63. The van der Waals surface area contributed by atoms with Gasteiger partial charge in [-0.25, -0.2) is 0 Å². The molecule has 0 aliphatic heterocycles. The number of hydrogen-bond donors (Lipinski definition) is 0. The van der Waals surface area contributed by atoms with E-state index in [1.54, 1.807) is 36.5 Å². The Kier molecular flexibility index (Phi) is 7.49. The molecule has 0 saturated heterocycles. The van der Waals surface area contributed by atoms with Gasteiger partial charge in [-0.3, -0.25) is 20.2 Å². The van der Waals surface area contributed by atoms with Crippen molar-refractivity contribution >= 4 is 31.9 Å². The number of hydrogen-bond acceptors (Lipinski definition) is 5. The van der Waals surface area contributed by atoms with Gasteiger partial charge in [-0.05, 0) is 23.3 Å². The smallest absolute Gasteiger partial charge is 0.325 e. The van der Waals surface area contributed by atoms with E-state index in [1.165, 1.54) is 0 Å². The topological polar surface area (TPSA) is 95.5 Å². The summed E-state index contributed by atoms with van der Waals surface area (Å²) in [5.41, 5.74) is 2.79. The summed E-state index contributed by atoms with van der Waals surface area (Å²) in [6.45, 7) is 0. The summed E-state index contributed by atoms with van der Waals surface area (Å²) in [6, 6.07) is 18.8. The first-order valence-corrected chi connectivity index (χ1v) is 12.5. The van der Waals surface area contributed by atoms with E-state index in [-0.39, 0.29) is 0 Å². The van der Waals surface area contributed by atoms with Gasteiger partial charge in [0.1, 0.15) is 0 Å². The van der Waals surface area contributed by atoms with Crippen LogP contribution in [-0.4, -0.2) is 31.0 Å². The summed E-state index contributed by atoms with van der Waals surface area (Å²) in [4.78, 5) is 23.8. The molecule has 4 unspecified atom stereocenters. The van der Waals surface area contributed by atoms with Crippen molar-refractivity contribution < 1.29 is 14.6 Å². The number of alkyl halides is 2. The fourth-order valence-electron chi connectivity index (χ4n) is 4.27. The van der Waals surface area contributed by atoms with E-state index in [1.807, 2.05) is 60.7 Å². The lowest BCUT2D eigenvalue weighted by Gasteiger charge is -2.36. The first kappa shape index (κ1) is 25.2. The third-order valence-electron chi connectivity index (χ3n) is 6.12. The monoisotopic (exact) mass is 600 g/mol. The molecule has 2 aliphatic rings. The Hall–Kier alpha value is -2.88. The lowest BCUT2D eigenvalue weighted by Crippen LogP contribution is -2.54. The van der Waals surface area contributed by atoms with Crippen molar-refractivity contribution in [3.8, 4) is 0 Å². The summed E-state index contributed by atoms with van der Waals surface area (Å²) in [5.74, 6) is 0. The Balaban J connectivity index is 1.63. The summed E-state index contributed by atoms with van der Waals surface area (Å²) in [7, 11) is 0. The molecular weight excluding hydrogens is 580 g/mol. The zero-order valence-corrected chi connectivity index (χ0v) is 21.7. The predicted octanol–water partition coefficient (Wildman–Crippen LogP) is 5.95. The number of nitro groups is 2. The number of ether oxygens (including phenoxy) is 1. The predicted molar refractivity (Wildman–Crippen MR) is 141 cm³/mol. The van der Waals surface area contributed by atoms with Crippen LogP contribution < -0.4 is 0 Å². The van der Waals surface area contributed by atoms with Crippen LogP contribution in [0.25, 0.3) is 0 Å². The third-order valence-corrected chi connectivity index (χ3v) is 8.62. The Labute approximate surface area is 219 Å². The molecule has 2 aliphatic carbocycles. The van der Waals surface area contributed by atoms with Gasteiger partial charge in [0.25, 0.3) is 0 Å². The zero-order valence-electron chi connectivity index (χ0n) is 18.5. The van der Waals surface area contributed by atoms with E-state index in [9.17, 15) is 20.2 Å². The van der Waals surface area contributed by atoms with Gasteiger partial charge in [-0.1, -0.05) is 85.0 Å². The second-order valence-electron chi connectivity index (χ2n) is 8.32. The van der Waals surface area contributed by atoms with Crippen LogP contribution in [0.5, 0.6) is 0 Å². The minimum atomic E-state index is -1.78. The van der Waals surface area contributed by atoms with E-state index >= 15 is 0 Å². The normalized spacial score (nSPS) is 27.7. The molecule has 0 bridgehead atoms. The number of halogens is 2. The largest absolute Gasteiger partial charge is 0.349 e. The van der Waals surface area contributed by atoms with Crippen molar-refractivity contribution in [2.24, 2.45) is 0 Å². The van der Waals surface area contributed by atoms with Gasteiger partial charge in [-0.15, -0.1) is 0 Å². The maximum Gasteiger partial charge on any atom is 0.325 e. The summed E-state index contributed by atoms with van der Waals surface area (Å²) in [5, 5.41) is 24.7. The lowest BCUT2D eigenvalue weighted by molar-refractivity contribution is -0.549. The van der Waals surface area contributed by atoms with Crippen LogP contribution in [0.1, 0.15) is 11.1 Å². The highest BCUT2D eigenvalue weighted by Crippen LogP contribution is 2.44. The molecule has 4 atom stereocenters. The van der Waals surface area contributed by atoms with E-state index in [2.05, 4.69) is 31.9 Å². The number of nitrogens with zero attached hydrogens (tertiary/aromatic N) is 2. The number of benzene rings is 2. The van der Waals surface area contributed by atoms with Crippen LogP contribution in [0.2, 0.25) is 0 Å². The molecule has 35 heavy (non-hydrogen) atoms. The molecule has 0 N–H and O–H groups in total. The van der Waals surface area contributed by atoms with Gasteiger partial charge in [-0.2, -0.15) is 0 Å². The molecule has 2 aromatic carbocycles. The second kappa shape index (κ2) is 10.4. The van der Waals surface area contributed by atoms with Gasteiger partial charge in [0.2, 0.25) is 0 Å². The number of rotatable bonds is 8. The van der Waals surface area contributed by atoms with Crippen molar-refractivity contribution in [3.63, 3.8) is 0 Å². The van der Waals surface area contributed by atoms with E-state index in [4.69, 9.17) is 4.74 Å². The van der Waals surface area contributed by atoms with Crippen LogP contribution >= 0.6 is 31.9 Å². The minimum absolute atomic E-state index is 0.325. The molecule has 9 heteroatoms. The fourth-order valence-corrected chi connectivity index (χ4v) is 5.33. The Bertz CT molecular complexity index is 1130. The van der Waals surface area contributed by atoms with Gasteiger partial charge in [0.15, 0.2) is 12.2 Å². The maximum absolute atomic E-state index is 12.4. The Morgan fingerprint density at radius 2 is 1.09 bits per heavy atom. The van der Waals surface area contributed by atoms with Crippen molar-refractivity contribution in [1.82, 2.24) is 0 Å². The maximum atomic E-state index is 12.4. The first-order valence-electron chi connectivity index (χ1n) is 10.9. The molecule has 0 heterocycles. The van der Waals surface area contributed by atoms with Gasteiger partial charge >= 0.3 is 8.90 Å². The highest BCUT2D eigenvalue weighted by atomic mass is 79.9. The Morgan fingerprint density at radius 1 is 0.714 bits per heavy atom. The molecule has 0 fully saturated rings. The third kappa shape index (κ3) is 4.94. The molecule has 2 aromatic rings. The van der Waals surface area contributed by atoms with Gasteiger partial charge < -0.3 is 4.74 Å². The molecule has 0 spiro atoms. The SMILES string of the molecule is O=[N+]([O-])C1(Br)C(Cc2ccccc2)=CC=CC1OC1C=CC=C(Cc2ccccc2)C1(Br)[N+](=O)[O-]. The molecule has 7 nitrogen and oxygen atoms in total. The molecule has 0 radical (unpaired) electrons. The van der Waals surface area contributed by atoms with Crippen molar-refractivity contribution in [2.75, 3.05) is 0 Å². The molecule has 0 aromatic heterocycles. The highest BCUT2D eigenvalue weighted by molar-refractivity contribution is 9.10. The lowest BCUT2D eigenvalue weighted by atomic mass is 9.89. The molecule has 0 saturated carbocycles. The second-order valence-corrected chi connectivity index (χ2v) is 10.7. The highest BCUT2D eigenvalue weighted by Gasteiger charge is 2.58. The fraction of sp³-hybridized carbons (Fsp3) is 0.231. The van der Waals surface area contributed by atoms with Gasteiger partial charge in [0, 0.05) is 65.7 Å². The summed E-state index contributed by atoms with van der Waals surface area (Å²) in [6.07, 6.45) is 8.35. The average Bonchev–Trinajstić information content (AvgIpc) is 2.85. The van der Waals surface area contributed by atoms with Crippen molar-refractivity contribution in [2.45, 2.75) is 33.9 Å². The molecule has 0 amide bonds. The van der Waals surface area contributed by atoms with Crippen molar-refractivity contribution in [3.05, 3.63) is 140 Å². The minimum Gasteiger partial charge on any atom is -0.349 e. The molecule has 180 valence electrons. The quantitative estimate of drug-likeness (QED) is 0.161. The van der Waals surface area contributed by atoms with E-state index in [0.717, 1.165) is 11.1 Å². The van der Waals surface area contributed by atoms with Crippen LogP contribution in [-0.2, 0) is 17.6 Å². The van der Waals surface area contributed by atoms with Crippen molar-refractivity contribution in [1.29, 1.82) is 0 Å². The first-order chi connectivity index (χ1) is 16.8. The van der Waals surface area contributed by atoms with E-state index in [0.29, 0.717) is 24.0 Å². The summed E-state index contributed by atoms with van der Waals surface area (Å²) >= 11 is 6.71. The van der Waals surface area contributed by atoms with E-state index < -0.39 is 31.0 Å². The zero-order chi connectivity index (χ0) is 25.1. The molecule has 4 rings (SSSR count). The Morgan fingerprint density at radius 3 is 1.43 bits per heavy atom. The van der Waals surface area contributed by atoms with Crippen LogP contribution in [0, 0.1) is 20.2 Å². The average molecular weight is 602 g/mol. The number of allylic oxidation sites excluding steroid dienone is 4. The standard InChI is InChI=1S/C26H22Br2N2O5/c27-25(29(31)32)21(17-19-9-3-1-4-10-19)13-7-15-23(25)35-24-16-8-14-22(26(24,28)30(33)34)18-20-11-5-2-6-12-20/h1-16,23-24H,17-18H2. The van der Waals surface area contributed by atoms with Gasteiger partial charge in [0.05, 0.1) is 0 Å². The van der Waals surface area contributed by atoms with Crippen LogP contribution in [0.15, 0.2) is 108 Å². The molecular formula is C26H22Br2N2O5. The van der Waals surface area contributed by atoms with Crippen LogP contribution in [0.4, 0.5) is 0 Å².